The third kappa shape index (κ3) is 4.28. The van der Waals surface area contributed by atoms with Crippen LogP contribution in [-0.2, 0) is 10.8 Å². The number of urea groups is 1. The molecule has 3 N–H and O–H groups in total. The number of hydrogen-bond acceptors (Lipinski definition) is 3. The highest BCUT2D eigenvalue weighted by Crippen LogP contribution is 2.26. The van der Waals surface area contributed by atoms with Crippen molar-refractivity contribution in [2.75, 3.05) is 16.8 Å². The molecule has 0 aromatic heterocycles. The summed E-state index contributed by atoms with van der Waals surface area (Å²) < 4.78 is 11.8. The Morgan fingerprint density at radius 2 is 1.95 bits per heavy atom. The molecule has 8 heteroatoms. The van der Waals surface area contributed by atoms with Crippen molar-refractivity contribution >= 4 is 44.4 Å². The number of rotatable bonds is 3. The molecule has 6 nitrogen and oxygen atoms in total. The number of para-hydroxylation sites is 1. The van der Waals surface area contributed by atoms with Crippen LogP contribution >= 0.6 is 15.9 Å². The van der Waals surface area contributed by atoms with Gasteiger partial charge in [0.2, 0.25) is 0 Å². The van der Waals surface area contributed by atoms with Crippen molar-refractivity contribution < 1.29 is 18.9 Å². The number of amides is 2. The van der Waals surface area contributed by atoms with Crippen LogP contribution in [0.25, 0.3) is 0 Å². The Labute approximate surface area is 132 Å². The fourth-order valence-electron chi connectivity index (χ4n) is 2.10. The summed E-state index contributed by atoms with van der Waals surface area (Å²) in [7, 11) is -0.784. The van der Waals surface area contributed by atoms with E-state index in [1.54, 1.807) is 12.1 Å². The van der Waals surface area contributed by atoms with Gasteiger partial charge >= 0.3 is 12.0 Å². The molecule has 1 aromatic rings. The Kier molecular flexibility index (Phi) is 5.35. The van der Waals surface area contributed by atoms with Gasteiger partial charge in [-0.25, -0.2) is 9.59 Å². The molecule has 1 aliphatic rings. The van der Waals surface area contributed by atoms with Gasteiger partial charge in [-0.3, -0.25) is 4.21 Å². The van der Waals surface area contributed by atoms with Crippen molar-refractivity contribution in [3.05, 3.63) is 28.2 Å². The van der Waals surface area contributed by atoms with Gasteiger partial charge in [0.1, 0.15) is 0 Å². The Hall–Kier alpha value is -1.41. The summed E-state index contributed by atoms with van der Waals surface area (Å²) in [5.74, 6) is 0.0559. The van der Waals surface area contributed by atoms with Gasteiger partial charge in [0.15, 0.2) is 0 Å². The monoisotopic (exact) mass is 374 g/mol. The van der Waals surface area contributed by atoms with E-state index in [2.05, 4.69) is 26.6 Å². The van der Waals surface area contributed by atoms with Gasteiger partial charge in [0.25, 0.3) is 0 Å². The zero-order valence-corrected chi connectivity index (χ0v) is 13.5. The van der Waals surface area contributed by atoms with E-state index in [1.165, 1.54) is 6.07 Å². The minimum atomic E-state index is -1.11. The maximum atomic E-state index is 12.0. The van der Waals surface area contributed by atoms with Crippen molar-refractivity contribution in [3.63, 3.8) is 0 Å². The van der Waals surface area contributed by atoms with Crippen molar-refractivity contribution in [2.24, 2.45) is 0 Å². The second-order valence-electron chi connectivity index (χ2n) is 4.69. The predicted octanol–water partition coefficient (Wildman–Crippen LogP) is 2.18. The lowest BCUT2D eigenvalue weighted by Crippen LogP contribution is -2.42. The average Bonchev–Trinajstić information content (AvgIpc) is 2.43. The van der Waals surface area contributed by atoms with Crippen LogP contribution in [0.3, 0.4) is 0 Å². The number of carboxylic acids is 1. The average molecular weight is 375 g/mol. The van der Waals surface area contributed by atoms with Crippen molar-refractivity contribution in [2.45, 2.75) is 18.9 Å². The molecule has 0 aliphatic carbocycles. The molecule has 0 radical (unpaired) electrons. The molecule has 0 unspecified atom stereocenters. The van der Waals surface area contributed by atoms with Crippen molar-refractivity contribution in [3.8, 4) is 0 Å². The number of nitrogens with one attached hydrogen (secondary N) is 2. The van der Waals surface area contributed by atoms with Gasteiger partial charge in [-0.2, -0.15) is 0 Å². The van der Waals surface area contributed by atoms with Gasteiger partial charge in [-0.1, -0.05) is 6.07 Å². The van der Waals surface area contributed by atoms with E-state index in [0.29, 0.717) is 28.8 Å². The first-order valence-electron chi connectivity index (χ1n) is 6.41. The number of carbonyl (C=O) groups is 2. The molecule has 0 atom stereocenters. The van der Waals surface area contributed by atoms with E-state index >= 15 is 0 Å². The van der Waals surface area contributed by atoms with E-state index < -0.39 is 22.8 Å². The Morgan fingerprint density at radius 1 is 1.29 bits per heavy atom. The fraction of sp³-hybridized carbons (Fsp3) is 0.385. The van der Waals surface area contributed by atoms with E-state index in [9.17, 15) is 13.8 Å². The SMILES string of the molecule is O=C(Nc1c(Br)cccc1C(=O)O)NC1CCS(=O)CC1. The highest BCUT2D eigenvalue weighted by Gasteiger charge is 2.21. The van der Waals surface area contributed by atoms with Crippen LogP contribution in [0.15, 0.2) is 22.7 Å². The fourth-order valence-corrected chi connectivity index (χ4v) is 3.87. The second-order valence-corrected chi connectivity index (χ2v) is 7.24. The third-order valence-corrected chi connectivity index (χ3v) is 5.25. The number of carbonyl (C=O) groups excluding carboxylic acids is 1. The lowest BCUT2D eigenvalue weighted by molar-refractivity contribution is 0.0698. The van der Waals surface area contributed by atoms with Crippen LogP contribution in [0, 0.1) is 0 Å². The molecule has 0 saturated carbocycles. The number of hydrogen-bond donors (Lipinski definition) is 3. The number of carboxylic acid groups (broad SMARTS) is 1. The second kappa shape index (κ2) is 7.04. The summed E-state index contributed by atoms with van der Waals surface area (Å²) in [5.41, 5.74) is 0.242. The minimum absolute atomic E-state index is 0.0178. The van der Waals surface area contributed by atoms with E-state index in [0.717, 1.165) is 0 Å². The van der Waals surface area contributed by atoms with Gasteiger partial charge in [-0.15, -0.1) is 0 Å². The smallest absolute Gasteiger partial charge is 0.337 e. The Bertz CT molecular complexity index is 584. The van der Waals surface area contributed by atoms with Crippen LogP contribution in [0.5, 0.6) is 0 Å². The van der Waals surface area contributed by atoms with Crippen LogP contribution < -0.4 is 10.6 Å². The molecule has 1 heterocycles. The summed E-state index contributed by atoms with van der Waals surface area (Å²) in [6, 6.07) is 4.19. The topological polar surface area (TPSA) is 95.5 Å². The number of benzene rings is 1. The molecule has 0 bridgehead atoms. The van der Waals surface area contributed by atoms with Crippen LogP contribution in [-0.4, -0.2) is 38.9 Å². The lowest BCUT2D eigenvalue weighted by Gasteiger charge is -2.23. The zero-order valence-electron chi connectivity index (χ0n) is 11.1. The molecular formula is C13H15BrN2O4S. The van der Waals surface area contributed by atoms with Gasteiger partial charge < -0.3 is 15.7 Å². The van der Waals surface area contributed by atoms with Crippen molar-refractivity contribution in [1.29, 1.82) is 0 Å². The summed E-state index contributed by atoms with van der Waals surface area (Å²) in [6.07, 6.45) is 1.34. The molecule has 21 heavy (non-hydrogen) atoms. The molecular weight excluding hydrogens is 360 g/mol. The molecule has 1 fully saturated rings. The maximum absolute atomic E-state index is 12.0. The number of anilines is 1. The summed E-state index contributed by atoms with van der Waals surface area (Å²) >= 11 is 3.23. The first kappa shape index (κ1) is 16.0. The van der Waals surface area contributed by atoms with Crippen LogP contribution in [0.2, 0.25) is 0 Å². The summed E-state index contributed by atoms with van der Waals surface area (Å²) in [4.78, 5) is 23.1. The van der Waals surface area contributed by atoms with E-state index in [4.69, 9.17) is 5.11 Å². The van der Waals surface area contributed by atoms with Crippen LogP contribution in [0.4, 0.5) is 10.5 Å². The Morgan fingerprint density at radius 3 is 2.57 bits per heavy atom. The highest BCUT2D eigenvalue weighted by molar-refractivity contribution is 9.10. The molecule has 1 saturated heterocycles. The number of halogens is 1. The Balaban J connectivity index is 2.03. The third-order valence-electron chi connectivity index (χ3n) is 3.21. The van der Waals surface area contributed by atoms with Gasteiger partial charge in [0.05, 0.1) is 11.3 Å². The highest BCUT2D eigenvalue weighted by atomic mass is 79.9. The van der Waals surface area contributed by atoms with E-state index in [-0.39, 0.29) is 17.3 Å². The van der Waals surface area contributed by atoms with Crippen LogP contribution in [0.1, 0.15) is 23.2 Å². The first-order chi connectivity index (χ1) is 9.97. The van der Waals surface area contributed by atoms with E-state index in [1.807, 2.05) is 0 Å². The summed E-state index contributed by atoms with van der Waals surface area (Å²) in [5, 5.41) is 14.5. The number of aromatic carboxylic acids is 1. The van der Waals surface area contributed by atoms with Gasteiger partial charge in [-0.05, 0) is 40.9 Å². The molecule has 0 spiro atoms. The molecule has 2 rings (SSSR count). The largest absolute Gasteiger partial charge is 0.478 e. The maximum Gasteiger partial charge on any atom is 0.337 e. The minimum Gasteiger partial charge on any atom is -0.478 e. The quantitative estimate of drug-likeness (QED) is 0.755. The molecule has 2 amide bonds. The predicted molar refractivity (Wildman–Crippen MR) is 84.2 cm³/mol. The van der Waals surface area contributed by atoms with Crippen molar-refractivity contribution in [1.82, 2.24) is 5.32 Å². The first-order valence-corrected chi connectivity index (χ1v) is 8.70. The summed E-state index contributed by atoms with van der Waals surface area (Å²) in [6.45, 7) is 0. The molecule has 114 valence electrons. The molecule has 1 aromatic carbocycles. The van der Waals surface area contributed by atoms with Gasteiger partial charge in [0, 0.05) is 32.8 Å². The zero-order chi connectivity index (χ0) is 15.4. The standard InChI is InChI=1S/C13H15BrN2O4S/c14-10-3-1-2-9(12(17)18)11(10)16-13(19)15-8-4-6-21(20)7-5-8/h1-3,8H,4-7H2,(H,17,18)(H2,15,16,19). The molecule has 1 aliphatic heterocycles. The normalized spacial score (nSPS) is 21.6. The lowest BCUT2D eigenvalue weighted by atomic mass is 10.1.